The van der Waals surface area contributed by atoms with Gasteiger partial charge in [-0.15, -0.1) is 0 Å². The van der Waals surface area contributed by atoms with Gasteiger partial charge in [0.25, 0.3) is 0 Å². The molecule has 1 fully saturated rings. The minimum absolute atomic E-state index is 0.598. The fourth-order valence-electron chi connectivity index (χ4n) is 3.80. The van der Waals surface area contributed by atoms with E-state index in [9.17, 15) is 0 Å². The van der Waals surface area contributed by atoms with Crippen LogP contribution < -0.4 is 4.74 Å². The van der Waals surface area contributed by atoms with E-state index < -0.39 is 0 Å². The van der Waals surface area contributed by atoms with Gasteiger partial charge in [-0.1, -0.05) is 50.2 Å². The predicted molar refractivity (Wildman–Crippen MR) is 99.6 cm³/mol. The highest BCUT2D eigenvalue weighted by Crippen LogP contribution is 2.25. The lowest BCUT2D eigenvalue weighted by Gasteiger charge is -2.34. The highest BCUT2D eigenvalue weighted by atomic mass is 16.5. The van der Waals surface area contributed by atoms with E-state index in [0.717, 1.165) is 36.1 Å². The molecule has 0 amide bonds. The van der Waals surface area contributed by atoms with Crippen LogP contribution in [0.15, 0.2) is 42.5 Å². The summed E-state index contributed by atoms with van der Waals surface area (Å²) in [5, 5.41) is 2.38. The SMILES string of the molecule is C[C@@H]1C[C@H](C)CN(CCOCCOc2cccc3ccccc23)C1. The van der Waals surface area contributed by atoms with E-state index in [1.165, 1.54) is 24.9 Å². The topological polar surface area (TPSA) is 21.7 Å². The zero-order chi connectivity index (χ0) is 16.8. The number of hydrogen-bond acceptors (Lipinski definition) is 3. The summed E-state index contributed by atoms with van der Waals surface area (Å²) in [6.45, 7) is 10.2. The third kappa shape index (κ3) is 4.71. The van der Waals surface area contributed by atoms with Gasteiger partial charge >= 0.3 is 0 Å². The van der Waals surface area contributed by atoms with Crippen molar-refractivity contribution >= 4 is 10.8 Å². The molecule has 3 heteroatoms. The van der Waals surface area contributed by atoms with Crippen LogP contribution in [0.3, 0.4) is 0 Å². The molecule has 24 heavy (non-hydrogen) atoms. The molecular formula is C21H29NO2. The van der Waals surface area contributed by atoms with Crippen LogP contribution in [0.1, 0.15) is 20.3 Å². The van der Waals surface area contributed by atoms with E-state index in [1.54, 1.807) is 0 Å². The van der Waals surface area contributed by atoms with Crippen molar-refractivity contribution in [3.63, 3.8) is 0 Å². The maximum atomic E-state index is 5.91. The van der Waals surface area contributed by atoms with Gasteiger partial charge in [-0.05, 0) is 29.7 Å². The van der Waals surface area contributed by atoms with Crippen molar-refractivity contribution in [1.82, 2.24) is 4.90 Å². The second-order valence-electron chi connectivity index (χ2n) is 7.14. The number of piperidine rings is 1. The molecule has 0 aromatic heterocycles. The van der Waals surface area contributed by atoms with Crippen molar-refractivity contribution in [2.75, 3.05) is 39.5 Å². The van der Waals surface area contributed by atoms with Gasteiger partial charge in [0.15, 0.2) is 0 Å². The lowest BCUT2D eigenvalue weighted by Crippen LogP contribution is -2.40. The van der Waals surface area contributed by atoms with Gasteiger partial charge in [-0.3, -0.25) is 0 Å². The molecule has 2 aromatic rings. The van der Waals surface area contributed by atoms with Gasteiger partial charge in [-0.25, -0.2) is 0 Å². The minimum Gasteiger partial charge on any atom is -0.491 e. The fraction of sp³-hybridized carbons (Fsp3) is 0.524. The molecule has 0 radical (unpaired) electrons. The van der Waals surface area contributed by atoms with Crippen LogP contribution in [-0.2, 0) is 4.74 Å². The maximum Gasteiger partial charge on any atom is 0.127 e. The molecule has 2 aromatic carbocycles. The number of rotatable bonds is 7. The molecule has 0 saturated carbocycles. The first kappa shape index (κ1) is 17.2. The number of likely N-dealkylation sites (tertiary alicyclic amines) is 1. The average Bonchev–Trinajstić information content (AvgIpc) is 2.57. The van der Waals surface area contributed by atoms with Crippen LogP contribution in [0, 0.1) is 11.8 Å². The lowest BCUT2D eigenvalue weighted by molar-refractivity contribution is 0.0597. The molecular weight excluding hydrogens is 298 g/mol. The molecule has 1 heterocycles. The van der Waals surface area contributed by atoms with E-state index in [1.807, 2.05) is 18.2 Å². The number of benzene rings is 2. The zero-order valence-corrected chi connectivity index (χ0v) is 14.9. The van der Waals surface area contributed by atoms with Crippen molar-refractivity contribution in [2.45, 2.75) is 20.3 Å². The molecule has 0 aliphatic carbocycles. The Kier molecular flexibility index (Phi) is 6.11. The Labute approximate surface area is 145 Å². The zero-order valence-electron chi connectivity index (χ0n) is 14.9. The Morgan fingerprint density at radius 2 is 1.67 bits per heavy atom. The summed E-state index contributed by atoms with van der Waals surface area (Å²) in [5.41, 5.74) is 0. The standard InChI is InChI=1S/C21H29NO2/c1-17-14-18(2)16-22(15-17)10-11-23-12-13-24-21-9-5-7-19-6-3-4-8-20(19)21/h3-9,17-18H,10-16H2,1-2H3/t17-,18+. The van der Waals surface area contributed by atoms with Crippen LogP contribution in [0.2, 0.25) is 0 Å². The smallest absolute Gasteiger partial charge is 0.127 e. The van der Waals surface area contributed by atoms with Gasteiger partial charge in [0.05, 0.1) is 13.2 Å². The van der Waals surface area contributed by atoms with Crippen molar-refractivity contribution in [2.24, 2.45) is 11.8 Å². The number of nitrogens with zero attached hydrogens (tertiary/aromatic N) is 1. The van der Waals surface area contributed by atoms with E-state index in [4.69, 9.17) is 9.47 Å². The molecule has 3 nitrogen and oxygen atoms in total. The normalized spacial score (nSPS) is 21.9. The highest BCUT2D eigenvalue weighted by molar-refractivity contribution is 5.88. The van der Waals surface area contributed by atoms with Crippen LogP contribution in [0.5, 0.6) is 5.75 Å². The first-order chi connectivity index (χ1) is 11.7. The molecule has 0 bridgehead atoms. The highest BCUT2D eigenvalue weighted by Gasteiger charge is 2.21. The predicted octanol–water partition coefficient (Wildman–Crippen LogP) is 4.21. The summed E-state index contributed by atoms with van der Waals surface area (Å²) >= 11 is 0. The number of fused-ring (bicyclic) bond motifs is 1. The van der Waals surface area contributed by atoms with Crippen molar-refractivity contribution < 1.29 is 9.47 Å². The summed E-state index contributed by atoms with van der Waals surface area (Å²) in [4.78, 5) is 2.53. The van der Waals surface area contributed by atoms with Gasteiger partial charge < -0.3 is 14.4 Å². The molecule has 3 rings (SSSR count). The third-order valence-electron chi connectivity index (χ3n) is 4.73. The second-order valence-corrected chi connectivity index (χ2v) is 7.14. The molecule has 0 unspecified atom stereocenters. The van der Waals surface area contributed by atoms with E-state index >= 15 is 0 Å². The molecule has 0 spiro atoms. The van der Waals surface area contributed by atoms with Gasteiger partial charge in [0.1, 0.15) is 12.4 Å². The van der Waals surface area contributed by atoms with E-state index in [0.29, 0.717) is 13.2 Å². The molecule has 1 aliphatic rings. The third-order valence-corrected chi connectivity index (χ3v) is 4.73. The Morgan fingerprint density at radius 1 is 0.917 bits per heavy atom. The second kappa shape index (κ2) is 8.50. The Hall–Kier alpha value is -1.58. The van der Waals surface area contributed by atoms with Gasteiger partial charge in [-0.2, -0.15) is 0 Å². The first-order valence-corrected chi connectivity index (χ1v) is 9.13. The molecule has 1 saturated heterocycles. The summed E-state index contributed by atoms with van der Waals surface area (Å²) in [6, 6.07) is 14.5. The molecule has 130 valence electrons. The van der Waals surface area contributed by atoms with Crippen LogP contribution in [0.25, 0.3) is 10.8 Å². The quantitative estimate of drug-likeness (QED) is 0.711. The molecule has 1 aliphatic heterocycles. The van der Waals surface area contributed by atoms with Crippen molar-refractivity contribution in [3.8, 4) is 5.75 Å². The van der Waals surface area contributed by atoms with Crippen LogP contribution >= 0.6 is 0 Å². The monoisotopic (exact) mass is 327 g/mol. The van der Waals surface area contributed by atoms with Crippen molar-refractivity contribution in [3.05, 3.63) is 42.5 Å². The maximum absolute atomic E-state index is 5.91. The lowest BCUT2D eigenvalue weighted by atomic mass is 9.92. The summed E-state index contributed by atoms with van der Waals surface area (Å²) in [7, 11) is 0. The Morgan fingerprint density at radius 3 is 2.50 bits per heavy atom. The van der Waals surface area contributed by atoms with Crippen LogP contribution in [-0.4, -0.2) is 44.4 Å². The Bertz CT molecular complexity index is 627. The molecule has 2 atom stereocenters. The summed E-state index contributed by atoms with van der Waals surface area (Å²) in [5.74, 6) is 2.56. The largest absolute Gasteiger partial charge is 0.491 e. The number of hydrogen-bond donors (Lipinski definition) is 0. The van der Waals surface area contributed by atoms with Crippen molar-refractivity contribution in [1.29, 1.82) is 0 Å². The summed E-state index contributed by atoms with van der Waals surface area (Å²) < 4.78 is 11.7. The first-order valence-electron chi connectivity index (χ1n) is 9.13. The van der Waals surface area contributed by atoms with Gasteiger partial charge in [0.2, 0.25) is 0 Å². The van der Waals surface area contributed by atoms with E-state index in [2.05, 4.69) is 43.0 Å². The van der Waals surface area contributed by atoms with Crippen LogP contribution in [0.4, 0.5) is 0 Å². The Balaban J connectivity index is 1.37. The van der Waals surface area contributed by atoms with E-state index in [-0.39, 0.29) is 0 Å². The fourth-order valence-corrected chi connectivity index (χ4v) is 3.80. The minimum atomic E-state index is 0.598. The summed E-state index contributed by atoms with van der Waals surface area (Å²) in [6.07, 6.45) is 1.36. The average molecular weight is 327 g/mol. The van der Waals surface area contributed by atoms with Gasteiger partial charge in [0, 0.05) is 25.0 Å². The molecule has 0 N–H and O–H groups in total. The number of ether oxygens (including phenoxy) is 2.